The Morgan fingerprint density at radius 3 is 2.59 bits per heavy atom. The van der Waals surface area contributed by atoms with Crippen LogP contribution in [0.1, 0.15) is 15.9 Å². The number of benzene rings is 1. The summed E-state index contributed by atoms with van der Waals surface area (Å²) >= 11 is 1.44. The van der Waals surface area contributed by atoms with Gasteiger partial charge in [-0.25, -0.2) is 4.79 Å². The van der Waals surface area contributed by atoms with Gasteiger partial charge in [0.15, 0.2) is 0 Å². The first-order valence-electron chi connectivity index (χ1n) is 5.08. The fourth-order valence-corrected chi connectivity index (χ4v) is 2.45. The second-order valence-electron chi connectivity index (χ2n) is 3.59. The molecule has 0 aliphatic rings. The van der Waals surface area contributed by atoms with Gasteiger partial charge in [0, 0.05) is 22.2 Å². The van der Waals surface area contributed by atoms with Gasteiger partial charge >= 0.3 is 5.97 Å². The van der Waals surface area contributed by atoms with Gasteiger partial charge in [-0.2, -0.15) is 0 Å². The first-order valence-corrected chi connectivity index (χ1v) is 5.90. The van der Waals surface area contributed by atoms with Crippen LogP contribution >= 0.6 is 11.8 Å². The standard InChI is InChI=1S/C13H11NO2S/c1-9-2-3-11(13(15)16)12(8-9)17-10-4-6-14-7-5-10/h2-8H,1H3,(H,15,16). The Balaban J connectivity index is 2.37. The maximum absolute atomic E-state index is 11.1. The van der Waals surface area contributed by atoms with Crippen LogP contribution in [-0.4, -0.2) is 16.1 Å². The molecule has 1 heterocycles. The highest BCUT2D eigenvalue weighted by Gasteiger charge is 2.10. The molecule has 1 aromatic heterocycles. The summed E-state index contributed by atoms with van der Waals surface area (Å²) in [6.07, 6.45) is 3.39. The molecule has 0 saturated heterocycles. The Labute approximate surface area is 104 Å². The molecule has 0 amide bonds. The maximum atomic E-state index is 11.1. The summed E-state index contributed by atoms with van der Waals surface area (Å²) in [6.45, 7) is 1.95. The third-order valence-electron chi connectivity index (χ3n) is 2.25. The van der Waals surface area contributed by atoms with Crippen molar-refractivity contribution in [2.24, 2.45) is 0 Å². The number of carbonyl (C=O) groups is 1. The molecule has 3 nitrogen and oxygen atoms in total. The molecule has 86 valence electrons. The second-order valence-corrected chi connectivity index (χ2v) is 4.71. The van der Waals surface area contributed by atoms with E-state index in [0.29, 0.717) is 5.56 Å². The number of pyridine rings is 1. The number of hydrogen-bond acceptors (Lipinski definition) is 3. The molecule has 0 fully saturated rings. The number of hydrogen-bond donors (Lipinski definition) is 1. The van der Waals surface area contributed by atoms with Crippen LogP contribution in [0.5, 0.6) is 0 Å². The van der Waals surface area contributed by atoms with E-state index < -0.39 is 5.97 Å². The molecule has 4 heteroatoms. The molecule has 0 radical (unpaired) electrons. The van der Waals surface area contributed by atoms with Crippen molar-refractivity contribution in [2.75, 3.05) is 0 Å². The van der Waals surface area contributed by atoms with Crippen molar-refractivity contribution >= 4 is 17.7 Å². The zero-order valence-corrected chi connectivity index (χ0v) is 10.1. The minimum absolute atomic E-state index is 0.331. The smallest absolute Gasteiger partial charge is 0.336 e. The van der Waals surface area contributed by atoms with E-state index in [1.807, 2.05) is 25.1 Å². The summed E-state index contributed by atoms with van der Waals surface area (Å²) in [4.78, 5) is 16.8. The predicted molar refractivity (Wildman–Crippen MR) is 66.5 cm³/mol. The number of aryl methyl sites for hydroxylation is 1. The normalized spacial score (nSPS) is 10.2. The molecule has 1 aromatic carbocycles. The van der Waals surface area contributed by atoms with Crippen LogP contribution in [0.3, 0.4) is 0 Å². The summed E-state index contributed by atoms with van der Waals surface area (Å²) in [5.74, 6) is -0.901. The molecule has 2 aromatic rings. The van der Waals surface area contributed by atoms with Crippen LogP contribution in [0, 0.1) is 6.92 Å². The quantitative estimate of drug-likeness (QED) is 0.901. The Morgan fingerprint density at radius 2 is 1.94 bits per heavy atom. The molecule has 0 spiro atoms. The van der Waals surface area contributed by atoms with E-state index in [1.165, 1.54) is 11.8 Å². The van der Waals surface area contributed by atoms with Crippen molar-refractivity contribution in [1.29, 1.82) is 0 Å². The average Bonchev–Trinajstić information content (AvgIpc) is 2.30. The zero-order chi connectivity index (χ0) is 12.3. The van der Waals surface area contributed by atoms with Gasteiger partial charge in [0.2, 0.25) is 0 Å². The van der Waals surface area contributed by atoms with Crippen LogP contribution in [0.25, 0.3) is 0 Å². The van der Waals surface area contributed by atoms with E-state index in [9.17, 15) is 4.79 Å². The summed E-state index contributed by atoms with van der Waals surface area (Å²) in [6, 6.07) is 9.05. The molecule has 17 heavy (non-hydrogen) atoms. The van der Waals surface area contributed by atoms with Gasteiger partial charge in [-0.15, -0.1) is 0 Å². The van der Waals surface area contributed by atoms with Crippen LogP contribution in [0.2, 0.25) is 0 Å². The number of carboxylic acids is 1. The number of rotatable bonds is 3. The van der Waals surface area contributed by atoms with Crippen molar-refractivity contribution in [3.05, 3.63) is 53.9 Å². The molecule has 0 atom stereocenters. The monoisotopic (exact) mass is 245 g/mol. The Morgan fingerprint density at radius 1 is 1.24 bits per heavy atom. The number of carboxylic acid groups (broad SMARTS) is 1. The van der Waals surface area contributed by atoms with E-state index in [4.69, 9.17) is 5.11 Å². The summed E-state index contributed by atoms with van der Waals surface area (Å²) in [5, 5.41) is 9.11. The molecule has 1 N–H and O–H groups in total. The first-order chi connectivity index (χ1) is 8.16. The van der Waals surface area contributed by atoms with Gasteiger partial charge in [0.05, 0.1) is 5.56 Å². The third-order valence-corrected chi connectivity index (χ3v) is 3.31. The molecular formula is C13H11NO2S. The molecule has 0 aliphatic heterocycles. The first kappa shape index (κ1) is 11.7. The molecule has 0 bridgehead atoms. The summed E-state index contributed by atoms with van der Waals surface area (Å²) in [7, 11) is 0. The lowest BCUT2D eigenvalue weighted by molar-refractivity contribution is 0.0693. The van der Waals surface area contributed by atoms with Crippen molar-refractivity contribution in [3.63, 3.8) is 0 Å². The molecule has 0 unspecified atom stereocenters. The zero-order valence-electron chi connectivity index (χ0n) is 9.25. The summed E-state index contributed by atoms with van der Waals surface area (Å²) in [5.41, 5.74) is 1.38. The molecule has 0 saturated carbocycles. The Bertz CT molecular complexity index is 540. The maximum Gasteiger partial charge on any atom is 0.336 e. The SMILES string of the molecule is Cc1ccc(C(=O)O)c(Sc2ccncc2)c1. The lowest BCUT2D eigenvalue weighted by Crippen LogP contribution is -1.98. The van der Waals surface area contributed by atoms with Gasteiger partial charge in [-0.1, -0.05) is 17.8 Å². The van der Waals surface area contributed by atoms with Gasteiger partial charge in [0.25, 0.3) is 0 Å². The lowest BCUT2D eigenvalue weighted by Gasteiger charge is -2.06. The van der Waals surface area contributed by atoms with Crippen molar-refractivity contribution < 1.29 is 9.90 Å². The van der Waals surface area contributed by atoms with E-state index in [0.717, 1.165) is 15.4 Å². The lowest BCUT2D eigenvalue weighted by atomic mass is 10.1. The number of aromatic nitrogens is 1. The number of nitrogens with zero attached hydrogens (tertiary/aromatic N) is 1. The van der Waals surface area contributed by atoms with Gasteiger partial charge in [-0.3, -0.25) is 4.98 Å². The Hall–Kier alpha value is -1.81. The summed E-state index contributed by atoms with van der Waals surface area (Å²) < 4.78 is 0. The van der Waals surface area contributed by atoms with Crippen LogP contribution in [0.4, 0.5) is 0 Å². The predicted octanol–water partition coefficient (Wildman–Crippen LogP) is 3.24. The fourth-order valence-electron chi connectivity index (χ4n) is 1.42. The molecule has 0 aliphatic carbocycles. The Kier molecular flexibility index (Phi) is 3.44. The fraction of sp³-hybridized carbons (Fsp3) is 0.0769. The van der Waals surface area contributed by atoms with Crippen molar-refractivity contribution in [2.45, 2.75) is 16.7 Å². The highest BCUT2D eigenvalue weighted by Crippen LogP contribution is 2.30. The van der Waals surface area contributed by atoms with Crippen molar-refractivity contribution in [3.8, 4) is 0 Å². The molecular weight excluding hydrogens is 234 g/mol. The third kappa shape index (κ3) is 2.85. The average molecular weight is 245 g/mol. The minimum atomic E-state index is -0.901. The molecule has 2 rings (SSSR count). The van der Waals surface area contributed by atoms with E-state index in [2.05, 4.69) is 4.98 Å². The highest BCUT2D eigenvalue weighted by atomic mass is 32.2. The van der Waals surface area contributed by atoms with Gasteiger partial charge < -0.3 is 5.11 Å². The van der Waals surface area contributed by atoms with E-state index >= 15 is 0 Å². The van der Waals surface area contributed by atoms with Crippen LogP contribution in [-0.2, 0) is 0 Å². The van der Waals surface area contributed by atoms with Crippen molar-refractivity contribution in [1.82, 2.24) is 4.98 Å². The minimum Gasteiger partial charge on any atom is -0.478 e. The van der Waals surface area contributed by atoms with E-state index in [1.54, 1.807) is 24.5 Å². The van der Waals surface area contributed by atoms with Gasteiger partial charge in [-0.05, 0) is 36.8 Å². The van der Waals surface area contributed by atoms with Crippen LogP contribution < -0.4 is 0 Å². The second kappa shape index (κ2) is 5.01. The highest BCUT2D eigenvalue weighted by molar-refractivity contribution is 7.99. The van der Waals surface area contributed by atoms with E-state index in [-0.39, 0.29) is 0 Å². The largest absolute Gasteiger partial charge is 0.478 e. The topological polar surface area (TPSA) is 50.2 Å². The van der Waals surface area contributed by atoms with Gasteiger partial charge in [0.1, 0.15) is 0 Å². The number of aromatic carboxylic acids is 1. The van der Waals surface area contributed by atoms with Crippen LogP contribution in [0.15, 0.2) is 52.5 Å².